The molecule has 0 aromatic rings. The van der Waals surface area contributed by atoms with Gasteiger partial charge in [-0.3, -0.25) is 0 Å². The molecule has 1 aliphatic heterocycles. The Bertz CT molecular complexity index is 155. The molecule has 4 nitrogen and oxygen atoms in total. The zero-order valence-electron chi connectivity index (χ0n) is 8.95. The Balaban J connectivity index is 2.29. The second-order valence-electron chi connectivity index (χ2n) is 4.21. The number of rotatable bonds is 5. The normalized spacial score (nSPS) is 29.4. The molecule has 84 valence electrons. The highest BCUT2D eigenvalue weighted by Crippen LogP contribution is 2.18. The molecule has 14 heavy (non-hydrogen) atoms. The van der Waals surface area contributed by atoms with Crippen molar-refractivity contribution >= 4 is 0 Å². The molecule has 0 bridgehead atoms. The van der Waals surface area contributed by atoms with Crippen LogP contribution >= 0.6 is 0 Å². The molecular formula is C10H22N2O2. The van der Waals surface area contributed by atoms with Crippen molar-refractivity contribution in [2.45, 2.75) is 18.9 Å². The van der Waals surface area contributed by atoms with Crippen molar-refractivity contribution in [2.75, 3.05) is 39.9 Å². The van der Waals surface area contributed by atoms with E-state index in [0.29, 0.717) is 18.5 Å². The first-order chi connectivity index (χ1) is 6.76. The maximum atomic E-state index is 8.89. The number of nitrogens with zero attached hydrogens (tertiary/aromatic N) is 1. The van der Waals surface area contributed by atoms with E-state index in [-0.39, 0.29) is 13.2 Å². The third kappa shape index (κ3) is 3.92. The molecular weight excluding hydrogens is 180 g/mol. The van der Waals surface area contributed by atoms with E-state index in [4.69, 9.17) is 10.2 Å². The van der Waals surface area contributed by atoms with Crippen LogP contribution in [-0.4, -0.2) is 61.1 Å². The number of aliphatic hydroxyl groups excluding tert-OH is 2. The molecule has 1 aliphatic rings. The van der Waals surface area contributed by atoms with Gasteiger partial charge in [0.25, 0.3) is 0 Å². The summed E-state index contributed by atoms with van der Waals surface area (Å²) in [6.45, 7) is 3.28. The lowest BCUT2D eigenvalue weighted by Crippen LogP contribution is -2.48. The van der Waals surface area contributed by atoms with Crippen LogP contribution < -0.4 is 5.32 Å². The number of piperidine rings is 1. The molecule has 2 unspecified atom stereocenters. The minimum Gasteiger partial charge on any atom is -0.396 e. The monoisotopic (exact) mass is 202 g/mol. The third-order valence-electron chi connectivity index (χ3n) is 2.80. The summed E-state index contributed by atoms with van der Waals surface area (Å²) in [5, 5.41) is 20.9. The van der Waals surface area contributed by atoms with Crippen LogP contribution in [0.3, 0.4) is 0 Å². The fourth-order valence-corrected chi connectivity index (χ4v) is 2.25. The van der Waals surface area contributed by atoms with E-state index >= 15 is 0 Å². The fraction of sp³-hybridized carbons (Fsp3) is 1.00. The van der Waals surface area contributed by atoms with E-state index in [9.17, 15) is 0 Å². The Morgan fingerprint density at radius 2 is 2.07 bits per heavy atom. The smallest absolute Gasteiger partial charge is 0.0556 e. The zero-order chi connectivity index (χ0) is 10.4. The topological polar surface area (TPSA) is 55.7 Å². The molecule has 3 N–H and O–H groups in total. The van der Waals surface area contributed by atoms with E-state index in [1.807, 2.05) is 0 Å². The summed E-state index contributed by atoms with van der Waals surface area (Å²) in [6.07, 6.45) is 2.01. The van der Waals surface area contributed by atoms with Gasteiger partial charge < -0.3 is 20.4 Å². The number of hydrogen-bond donors (Lipinski definition) is 3. The number of nitrogens with one attached hydrogen (secondary N) is 1. The summed E-state index contributed by atoms with van der Waals surface area (Å²) < 4.78 is 0. The highest BCUT2D eigenvalue weighted by Gasteiger charge is 2.24. The average Bonchev–Trinajstić information content (AvgIpc) is 2.14. The lowest BCUT2D eigenvalue weighted by molar-refractivity contribution is 0.139. The molecule has 0 spiro atoms. The second-order valence-corrected chi connectivity index (χ2v) is 4.21. The molecule has 2 atom stereocenters. The number of likely N-dealkylation sites (tertiary alicyclic amines) is 1. The van der Waals surface area contributed by atoms with Crippen molar-refractivity contribution in [3.05, 3.63) is 0 Å². The zero-order valence-corrected chi connectivity index (χ0v) is 8.95. The summed E-state index contributed by atoms with van der Waals surface area (Å²) in [5.41, 5.74) is 0. The maximum absolute atomic E-state index is 8.89. The van der Waals surface area contributed by atoms with E-state index < -0.39 is 0 Å². The molecule has 1 heterocycles. The van der Waals surface area contributed by atoms with Crippen molar-refractivity contribution in [1.29, 1.82) is 0 Å². The van der Waals surface area contributed by atoms with Crippen LogP contribution in [0.4, 0.5) is 0 Å². The van der Waals surface area contributed by atoms with Crippen molar-refractivity contribution in [3.63, 3.8) is 0 Å². The second kappa shape index (κ2) is 6.35. The number of hydrogen-bond acceptors (Lipinski definition) is 4. The van der Waals surface area contributed by atoms with Crippen LogP contribution in [0.15, 0.2) is 0 Å². The van der Waals surface area contributed by atoms with Gasteiger partial charge in [-0.15, -0.1) is 0 Å². The van der Waals surface area contributed by atoms with Gasteiger partial charge in [0.1, 0.15) is 0 Å². The molecule has 0 radical (unpaired) electrons. The first-order valence-electron chi connectivity index (χ1n) is 5.40. The fourth-order valence-electron chi connectivity index (χ4n) is 2.25. The Morgan fingerprint density at radius 1 is 1.29 bits per heavy atom. The molecule has 0 aromatic carbocycles. The largest absolute Gasteiger partial charge is 0.396 e. The Labute approximate surface area is 85.9 Å². The van der Waals surface area contributed by atoms with E-state index in [1.165, 1.54) is 0 Å². The molecule has 0 aromatic heterocycles. The predicted molar refractivity (Wildman–Crippen MR) is 56.2 cm³/mol. The molecule has 1 rings (SSSR count). The van der Waals surface area contributed by atoms with Gasteiger partial charge in [0, 0.05) is 32.3 Å². The average molecular weight is 202 g/mol. The van der Waals surface area contributed by atoms with Crippen LogP contribution in [0.1, 0.15) is 12.8 Å². The summed E-state index contributed by atoms with van der Waals surface area (Å²) in [4.78, 5) is 2.29. The Kier molecular flexibility index (Phi) is 5.40. The Morgan fingerprint density at radius 3 is 2.71 bits per heavy atom. The minimum absolute atomic E-state index is 0.199. The SMILES string of the molecule is CN1CC(CCO)CC(NCCO)C1. The quantitative estimate of drug-likeness (QED) is 0.550. The maximum Gasteiger partial charge on any atom is 0.0556 e. The highest BCUT2D eigenvalue weighted by atomic mass is 16.3. The number of likely N-dealkylation sites (N-methyl/N-ethyl adjacent to an activating group) is 1. The molecule has 4 heteroatoms. The first kappa shape index (κ1) is 11.9. The summed E-state index contributed by atoms with van der Waals surface area (Å²) in [5.74, 6) is 0.593. The van der Waals surface area contributed by atoms with Crippen molar-refractivity contribution in [1.82, 2.24) is 10.2 Å². The van der Waals surface area contributed by atoms with Crippen molar-refractivity contribution < 1.29 is 10.2 Å². The van der Waals surface area contributed by atoms with Crippen LogP contribution in [0.2, 0.25) is 0 Å². The molecule has 0 saturated carbocycles. The van der Waals surface area contributed by atoms with Gasteiger partial charge in [-0.2, -0.15) is 0 Å². The molecule has 0 amide bonds. The van der Waals surface area contributed by atoms with Crippen molar-refractivity contribution in [3.8, 4) is 0 Å². The lowest BCUT2D eigenvalue weighted by Gasteiger charge is -2.35. The van der Waals surface area contributed by atoms with Gasteiger partial charge in [0.05, 0.1) is 6.61 Å². The van der Waals surface area contributed by atoms with Gasteiger partial charge >= 0.3 is 0 Å². The standard InChI is InChI=1S/C10H22N2O2/c1-12-7-9(2-4-13)6-10(8-12)11-3-5-14/h9-11,13-14H,2-8H2,1H3. The van der Waals surface area contributed by atoms with Crippen LogP contribution in [0, 0.1) is 5.92 Å². The predicted octanol–water partition coefficient (Wildman–Crippen LogP) is -0.729. The summed E-state index contributed by atoms with van der Waals surface area (Å²) in [7, 11) is 2.11. The number of aliphatic hydroxyl groups is 2. The third-order valence-corrected chi connectivity index (χ3v) is 2.80. The molecule has 1 saturated heterocycles. The van der Waals surface area contributed by atoms with Gasteiger partial charge in [0.15, 0.2) is 0 Å². The Hall–Kier alpha value is -0.160. The van der Waals surface area contributed by atoms with E-state index in [2.05, 4.69) is 17.3 Å². The minimum atomic E-state index is 0.199. The van der Waals surface area contributed by atoms with Gasteiger partial charge in [0.2, 0.25) is 0 Å². The van der Waals surface area contributed by atoms with Gasteiger partial charge in [-0.05, 0) is 25.8 Å². The van der Waals surface area contributed by atoms with Gasteiger partial charge in [-0.25, -0.2) is 0 Å². The van der Waals surface area contributed by atoms with Crippen LogP contribution in [0.25, 0.3) is 0 Å². The van der Waals surface area contributed by atoms with Crippen LogP contribution in [-0.2, 0) is 0 Å². The van der Waals surface area contributed by atoms with E-state index in [0.717, 1.165) is 25.9 Å². The molecule has 1 fully saturated rings. The van der Waals surface area contributed by atoms with Crippen molar-refractivity contribution in [2.24, 2.45) is 5.92 Å². The lowest BCUT2D eigenvalue weighted by atomic mass is 9.92. The summed E-state index contributed by atoms with van der Waals surface area (Å²) in [6, 6.07) is 0.470. The van der Waals surface area contributed by atoms with E-state index in [1.54, 1.807) is 0 Å². The van der Waals surface area contributed by atoms with Gasteiger partial charge in [-0.1, -0.05) is 0 Å². The molecule has 0 aliphatic carbocycles. The first-order valence-corrected chi connectivity index (χ1v) is 5.40. The van der Waals surface area contributed by atoms with Crippen LogP contribution in [0.5, 0.6) is 0 Å². The summed E-state index contributed by atoms with van der Waals surface area (Å²) >= 11 is 0. The highest BCUT2D eigenvalue weighted by molar-refractivity contribution is 4.81.